The van der Waals surface area contributed by atoms with E-state index in [0.29, 0.717) is 5.56 Å². The lowest BCUT2D eigenvalue weighted by Crippen LogP contribution is -2.44. The fourth-order valence-corrected chi connectivity index (χ4v) is 3.13. The van der Waals surface area contributed by atoms with E-state index < -0.39 is 0 Å². The average molecular weight is 356 g/mol. The molecule has 1 amide bonds. The second-order valence-corrected chi connectivity index (χ2v) is 6.64. The minimum atomic E-state index is -0.0504. The van der Waals surface area contributed by atoms with Crippen LogP contribution >= 0.6 is 0 Å². The molecule has 1 heterocycles. The quantitative estimate of drug-likeness (QED) is 0.495. The molecule has 0 fully saturated rings. The molecule has 141 valence electrons. The molecule has 0 spiro atoms. The minimum absolute atomic E-state index is 0.0504. The van der Waals surface area contributed by atoms with Gasteiger partial charge in [0, 0.05) is 5.56 Å². The Bertz CT molecular complexity index is 612. The molecule has 0 aliphatic rings. The number of amides is 1. The predicted molar refractivity (Wildman–Crippen MR) is 105 cm³/mol. The van der Waals surface area contributed by atoms with Crippen molar-refractivity contribution in [3.63, 3.8) is 0 Å². The molecule has 0 bridgehead atoms. The molecule has 0 aliphatic carbocycles. The van der Waals surface area contributed by atoms with E-state index in [4.69, 9.17) is 0 Å². The SMILES string of the molecule is CCCCCCCC[C](CCC)N(C(=O)c1ccccc1)n1ccnn1. The van der Waals surface area contributed by atoms with Crippen LogP contribution in [-0.2, 0) is 0 Å². The normalized spacial score (nSPS) is 11.0. The third kappa shape index (κ3) is 5.97. The van der Waals surface area contributed by atoms with Gasteiger partial charge in [-0.15, -0.1) is 5.10 Å². The van der Waals surface area contributed by atoms with Gasteiger partial charge in [-0.3, -0.25) is 4.79 Å². The first-order chi connectivity index (χ1) is 12.8. The highest BCUT2D eigenvalue weighted by atomic mass is 16.2. The van der Waals surface area contributed by atoms with Crippen molar-refractivity contribution in [1.82, 2.24) is 15.1 Å². The number of rotatable bonds is 12. The Hall–Kier alpha value is -2.17. The fraction of sp³-hybridized carbons (Fsp3) is 0.524. The van der Waals surface area contributed by atoms with Crippen molar-refractivity contribution in [3.8, 4) is 0 Å². The molecule has 1 aromatic carbocycles. The van der Waals surface area contributed by atoms with Gasteiger partial charge in [-0.2, -0.15) is 4.79 Å². The smallest absolute Gasteiger partial charge is 0.267 e. The van der Waals surface area contributed by atoms with Crippen LogP contribution in [0, 0.1) is 6.04 Å². The third-order valence-electron chi connectivity index (χ3n) is 4.48. The molecule has 0 saturated carbocycles. The summed E-state index contributed by atoms with van der Waals surface area (Å²) in [5.41, 5.74) is 0.666. The van der Waals surface area contributed by atoms with Crippen molar-refractivity contribution >= 4 is 5.91 Å². The summed E-state index contributed by atoms with van der Waals surface area (Å²) in [5, 5.41) is 9.69. The van der Waals surface area contributed by atoms with Gasteiger partial charge < -0.3 is 0 Å². The highest BCUT2D eigenvalue weighted by molar-refractivity contribution is 6.02. The Morgan fingerprint density at radius 3 is 2.35 bits per heavy atom. The van der Waals surface area contributed by atoms with Crippen LogP contribution in [0.15, 0.2) is 42.7 Å². The van der Waals surface area contributed by atoms with Crippen molar-refractivity contribution in [2.24, 2.45) is 0 Å². The zero-order valence-corrected chi connectivity index (χ0v) is 16.1. The van der Waals surface area contributed by atoms with Crippen LogP contribution in [-0.4, -0.2) is 21.0 Å². The summed E-state index contributed by atoms with van der Waals surface area (Å²) in [4.78, 5) is 14.7. The average Bonchev–Trinajstić information content (AvgIpc) is 3.19. The lowest BCUT2D eigenvalue weighted by molar-refractivity contribution is 0.0951. The Morgan fingerprint density at radius 1 is 0.962 bits per heavy atom. The van der Waals surface area contributed by atoms with Gasteiger partial charge in [-0.1, -0.05) is 77.0 Å². The first-order valence-electron chi connectivity index (χ1n) is 9.88. The molecule has 0 saturated heterocycles. The Balaban J connectivity index is 2.09. The molecule has 2 aromatic rings. The summed E-state index contributed by atoms with van der Waals surface area (Å²) < 4.78 is 0. The summed E-state index contributed by atoms with van der Waals surface area (Å²) in [7, 11) is 0. The van der Waals surface area contributed by atoms with Crippen LogP contribution in [0.2, 0.25) is 0 Å². The maximum Gasteiger partial charge on any atom is 0.274 e. The van der Waals surface area contributed by atoms with E-state index in [1.165, 1.54) is 32.1 Å². The molecule has 5 heteroatoms. The van der Waals surface area contributed by atoms with Crippen molar-refractivity contribution in [2.75, 3.05) is 5.01 Å². The Kier molecular flexibility index (Phi) is 8.87. The van der Waals surface area contributed by atoms with Gasteiger partial charge in [-0.05, 0) is 30.2 Å². The van der Waals surface area contributed by atoms with E-state index >= 15 is 0 Å². The number of hydrogen-bond donors (Lipinski definition) is 0. The van der Waals surface area contributed by atoms with Crippen LogP contribution in [0.25, 0.3) is 0 Å². The number of hydrogen-bond acceptors (Lipinski definition) is 3. The van der Waals surface area contributed by atoms with Gasteiger partial charge in [0.05, 0.1) is 18.4 Å². The lowest BCUT2D eigenvalue weighted by atomic mass is 10.0. The number of unbranched alkanes of at least 4 members (excludes halogenated alkanes) is 5. The summed E-state index contributed by atoms with van der Waals surface area (Å²) >= 11 is 0. The summed E-state index contributed by atoms with van der Waals surface area (Å²) in [6, 6.07) is 10.5. The number of carbonyl (C=O) groups excluding carboxylic acids is 1. The summed E-state index contributed by atoms with van der Waals surface area (Å²) in [6.45, 7) is 4.38. The van der Waals surface area contributed by atoms with Crippen molar-refractivity contribution in [1.29, 1.82) is 0 Å². The standard InChI is InChI=1S/C21H31N4O/c1-3-5-6-7-8-12-16-20(13-4-2)25(24-18-17-22-23-24)21(26)19-14-10-9-11-15-19/h9-11,14-15,17-18H,3-8,12-13,16H2,1-2H3. The van der Waals surface area contributed by atoms with E-state index in [1.807, 2.05) is 30.3 Å². The molecular weight excluding hydrogens is 324 g/mol. The van der Waals surface area contributed by atoms with Crippen LogP contribution in [0.4, 0.5) is 0 Å². The Morgan fingerprint density at radius 2 is 1.69 bits per heavy atom. The second-order valence-electron chi connectivity index (χ2n) is 6.64. The molecule has 0 aliphatic heterocycles. The van der Waals surface area contributed by atoms with Gasteiger partial charge in [0.25, 0.3) is 5.91 Å². The number of nitrogens with zero attached hydrogens (tertiary/aromatic N) is 4. The molecular formula is C21H31N4O. The second kappa shape index (κ2) is 11.4. The van der Waals surface area contributed by atoms with E-state index in [0.717, 1.165) is 31.7 Å². The van der Waals surface area contributed by atoms with E-state index in [1.54, 1.807) is 22.2 Å². The molecule has 2 rings (SSSR count). The monoisotopic (exact) mass is 355 g/mol. The molecule has 0 N–H and O–H groups in total. The Labute approximate surface area is 157 Å². The molecule has 26 heavy (non-hydrogen) atoms. The topological polar surface area (TPSA) is 51.0 Å². The highest BCUT2D eigenvalue weighted by Gasteiger charge is 2.27. The largest absolute Gasteiger partial charge is 0.274 e. The molecule has 0 unspecified atom stereocenters. The van der Waals surface area contributed by atoms with E-state index in [2.05, 4.69) is 24.2 Å². The molecule has 1 aromatic heterocycles. The number of carbonyl (C=O) groups is 1. The zero-order chi connectivity index (χ0) is 18.6. The van der Waals surface area contributed by atoms with Gasteiger partial charge in [-0.25, -0.2) is 5.01 Å². The van der Waals surface area contributed by atoms with Crippen LogP contribution in [0.3, 0.4) is 0 Å². The first kappa shape index (κ1) is 20.1. The summed E-state index contributed by atoms with van der Waals surface area (Å²) in [5.74, 6) is -0.0504. The van der Waals surface area contributed by atoms with Crippen LogP contribution < -0.4 is 5.01 Å². The van der Waals surface area contributed by atoms with Gasteiger partial charge >= 0.3 is 0 Å². The lowest BCUT2D eigenvalue weighted by Gasteiger charge is -2.30. The van der Waals surface area contributed by atoms with Crippen LogP contribution in [0.1, 0.15) is 82.0 Å². The van der Waals surface area contributed by atoms with Crippen LogP contribution in [0.5, 0.6) is 0 Å². The first-order valence-corrected chi connectivity index (χ1v) is 9.88. The van der Waals surface area contributed by atoms with Gasteiger partial charge in [0.1, 0.15) is 0 Å². The maximum atomic E-state index is 13.2. The van der Waals surface area contributed by atoms with Crippen molar-refractivity contribution in [2.45, 2.75) is 71.6 Å². The highest BCUT2D eigenvalue weighted by Crippen LogP contribution is 2.24. The molecule has 1 radical (unpaired) electrons. The van der Waals surface area contributed by atoms with Gasteiger partial charge in [0.2, 0.25) is 0 Å². The number of aromatic nitrogens is 3. The van der Waals surface area contributed by atoms with E-state index in [-0.39, 0.29) is 5.91 Å². The molecule has 5 nitrogen and oxygen atoms in total. The predicted octanol–water partition coefficient (Wildman–Crippen LogP) is 5.14. The summed E-state index contributed by atoms with van der Waals surface area (Å²) in [6.07, 6.45) is 13.6. The van der Waals surface area contributed by atoms with Gasteiger partial charge in [0.15, 0.2) is 0 Å². The van der Waals surface area contributed by atoms with E-state index in [9.17, 15) is 4.79 Å². The minimum Gasteiger partial charge on any atom is -0.267 e. The zero-order valence-electron chi connectivity index (χ0n) is 16.1. The third-order valence-corrected chi connectivity index (χ3v) is 4.48. The van der Waals surface area contributed by atoms with Crippen molar-refractivity contribution in [3.05, 3.63) is 54.3 Å². The maximum absolute atomic E-state index is 13.2. The molecule has 0 atom stereocenters. The fourth-order valence-electron chi connectivity index (χ4n) is 3.13. The van der Waals surface area contributed by atoms with Crippen molar-refractivity contribution < 1.29 is 4.79 Å². The number of benzene rings is 1.